The molecule has 0 saturated heterocycles. The number of hydrogen-bond donors (Lipinski definition) is 0. The summed E-state index contributed by atoms with van der Waals surface area (Å²) in [5.41, 5.74) is 3.39. The molecule has 1 heterocycles. The van der Waals surface area contributed by atoms with Crippen LogP contribution in [0.25, 0.3) is 22.0 Å². The first kappa shape index (κ1) is 13.0. The monoisotopic (exact) mass is 281 g/mol. The van der Waals surface area contributed by atoms with Crippen molar-refractivity contribution in [2.45, 2.75) is 5.03 Å². The van der Waals surface area contributed by atoms with Gasteiger partial charge in [0, 0.05) is 11.5 Å². The number of benzene rings is 2. The summed E-state index contributed by atoms with van der Waals surface area (Å²) in [4.78, 5) is 4.67. The molecule has 0 saturated carbocycles. The zero-order valence-corrected chi connectivity index (χ0v) is 12.3. The van der Waals surface area contributed by atoms with Gasteiger partial charge in [-0.3, -0.25) is 0 Å². The van der Waals surface area contributed by atoms with E-state index in [1.807, 2.05) is 24.5 Å². The summed E-state index contributed by atoms with van der Waals surface area (Å²) in [5, 5.41) is 2.17. The van der Waals surface area contributed by atoms with Gasteiger partial charge in [-0.2, -0.15) is 0 Å². The highest BCUT2D eigenvalue weighted by molar-refractivity contribution is 7.98. The van der Waals surface area contributed by atoms with Crippen LogP contribution in [0.2, 0.25) is 0 Å². The number of hydrogen-bond acceptors (Lipinski definition) is 3. The number of thioether (sulfide) groups is 1. The second kappa shape index (κ2) is 5.55. The molecule has 0 amide bonds. The van der Waals surface area contributed by atoms with Gasteiger partial charge in [0.05, 0.1) is 17.7 Å². The highest BCUT2D eigenvalue weighted by Crippen LogP contribution is 2.32. The van der Waals surface area contributed by atoms with E-state index in [0.29, 0.717) is 0 Å². The van der Waals surface area contributed by atoms with Crippen molar-refractivity contribution in [1.82, 2.24) is 4.98 Å². The Morgan fingerprint density at radius 1 is 1.00 bits per heavy atom. The van der Waals surface area contributed by atoms with E-state index in [1.165, 1.54) is 11.1 Å². The molecule has 0 spiro atoms. The van der Waals surface area contributed by atoms with Crippen molar-refractivity contribution in [3.8, 4) is 16.9 Å². The van der Waals surface area contributed by atoms with Gasteiger partial charge in [-0.1, -0.05) is 30.3 Å². The zero-order valence-electron chi connectivity index (χ0n) is 11.5. The fourth-order valence-corrected chi connectivity index (χ4v) is 2.70. The molecule has 0 N–H and O–H groups in total. The Kier molecular flexibility index (Phi) is 3.61. The van der Waals surface area contributed by atoms with Gasteiger partial charge in [0.25, 0.3) is 0 Å². The van der Waals surface area contributed by atoms with Gasteiger partial charge < -0.3 is 4.74 Å². The summed E-state index contributed by atoms with van der Waals surface area (Å²) >= 11 is 1.65. The van der Waals surface area contributed by atoms with Crippen molar-refractivity contribution in [2.75, 3.05) is 13.4 Å². The first-order chi connectivity index (χ1) is 9.81. The topological polar surface area (TPSA) is 22.1 Å². The molecule has 0 bridgehead atoms. The number of ether oxygens (including phenoxy) is 1. The zero-order chi connectivity index (χ0) is 13.9. The molecule has 0 fully saturated rings. The number of nitrogens with zero attached hydrogens (tertiary/aromatic N) is 1. The minimum atomic E-state index is 0.835. The minimum absolute atomic E-state index is 0.835. The van der Waals surface area contributed by atoms with E-state index in [1.54, 1.807) is 18.9 Å². The van der Waals surface area contributed by atoms with Crippen LogP contribution in [0, 0.1) is 0 Å². The van der Waals surface area contributed by atoms with Crippen molar-refractivity contribution in [3.05, 3.63) is 54.6 Å². The SMILES string of the molecule is COc1ccc2c(-c3ccccc3)cc(SC)nc2c1. The van der Waals surface area contributed by atoms with Gasteiger partial charge in [-0.15, -0.1) is 11.8 Å². The number of rotatable bonds is 3. The number of methoxy groups -OCH3 is 1. The van der Waals surface area contributed by atoms with Crippen molar-refractivity contribution in [3.63, 3.8) is 0 Å². The lowest BCUT2D eigenvalue weighted by Gasteiger charge is -2.10. The summed E-state index contributed by atoms with van der Waals surface area (Å²) in [6, 6.07) is 18.6. The van der Waals surface area contributed by atoms with Gasteiger partial charge in [0.1, 0.15) is 5.75 Å². The summed E-state index contributed by atoms with van der Waals surface area (Å²) < 4.78 is 5.29. The summed E-state index contributed by atoms with van der Waals surface area (Å²) in [6.45, 7) is 0. The van der Waals surface area contributed by atoms with E-state index >= 15 is 0 Å². The van der Waals surface area contributed by atoms with Crippen LogP contribution in [-0.2, 0) is 0 Å². The van der Waals surface area contributed by atoms with Gasteiger partial charge in [0.15, 0.2) is 0 Å². The lowest BCUT2D eigenvalue weighted by molar-refractivity contribution is 0.415. The highest BCUT2D eigenvalue weighted by Gasteiger charge is 2.08. The largest absolute Gasteiger partial charge is 0.497 e. The lowest BCUT2D eigenvalue weighted by atomic mass is 10.0. The third kappa shape index (κ3) is 2.37. The second-order valence-corrected chi connectivity index (χ2v) is 5.29. The van der Waals surface area contributed by atoms with Crippen LogP contribution >= 0.6 is 11.8 Å². The first-order valence-corrected chi connectivity index (χ1v) is 7.62. The normalized spacial score (nSPS) is 10.7. The van der Waals surface area contributed by atoms with Gasteiger partial charge in [-0.05, 0) is 35.6 Å². The molecule has 0 aliphatic carbocycles. The molecule has 3 aromatic rings. The molecule has 0 aliphatic heterocycles. The molecule has 1 aromatic heterocycles. The quantitative estimate of drug-likeness (QED) is 0.653. The van der Waals surface area contributed by atoms with E-state index in [0.717, 1.165) is 21.7 Å². The molecule has 2 aromatic carbocycles. The maximum atomic E-state index is 5.29. The maximum absolute atomic E-state index is 5.29. The van der Waals surface area contributed by atoms with E-state index in [-0.39, 0.29) is 0 Å². The number of aromatic nitrogens is 1. The highest BCUT2D eigenvalue weighted by atomic mass is 32.2. The van der Waals surface area contributed by atoms with Gasteiger partial charge in [0.2, 0.25) is 0 Å². The van der Waals surface area contributed by atoms with Crippen LogP contribution in [0.15, 0.2) is 59.6 Å². The van der Waals surface area contributed by atoms with Crippen LogP contribution in [-0.4, -0.2) is 18.3 Å². The van der Waals surface area contributed by atoms with E-state index in [2.05, 4.69) is 41.4 Å². The molecule has 20 heavy (non-hydrogen) atoms. The average Bonchev–Trinajstić information content (AvgIpc) is 2.53. The van der Waals surface area contributed by atoms with Crippen LogP contribution in [0.3, 0.4) is 0 Å². The molecule has 0 radical (unpaired) electrons. The molecule has 0 atom stereocenters. The first-order valence-electron chi connectivity index (χ1n) is 6.40. The Bertz CT molecular complexity index is 735. The van der Waals surface area contributed by atoms with Gasteiger partial charge in [-0.25, -0.2) is 4.98 Å². The predicted molar refractivity (Wildman–Crippen MR) is 85.5 cm³/mol. The molecule has 3 heteroatoms. The van der Waals surface area contributed by atoms with Crippen molar-refractivity contribution >= 4 is 22.7 Å². The summed E-state index contributed by atoms with van der Waals surface area (Å²) in [5.74, 6) is 0.835. The standard InChI is InChI=1S/C17H15NOS/c1-19-13-8-9-14-15(12-6-4-3-5-7-12)11-17(20-2)18-16(14)10-13/h3-11H,1-2H3. The third-order valence-electron chi connectivity index (χ3n) is 3.29. The van der Waals surface area contributed by atoms with Crippen molar-refractivity contribution in [2.24, 2.45) is 0 Å². The van der Waals surface area contributed by atoms with Crippen LogP contribution in [0.5, 0.6) is 5.75 Å². The van der Waals surface area contributed by atoms with Crippen molar-refractivity contribution < 1.29 is 4.74 Å². The van der Waals surface area contributed by atoms with Crippen LogP contribution in [0.1, 0.15) is 0 Å². The Balaban J connectivity index is 2.30. The Morgan fingerprint density at radius 2 is 1.80 bits per heavy atom. The van der Waals surface area contributed by atoms with Crippen molar-refractivity contribution in [1.29, 1.82) is 0 Å². The van der Waals surface area contributed by atoms with Crippen LogP contribution < -0.4 is 4.74 Å². The molecule has 0 unspecified atom stereocenters. The smallest absolute Gasteiger partial charge is 0.121 e. The molecular weight excluding hydrogens is 266 g/mol. The minimum Gasteiger partial charge on any atom is -0.497 e. The fourth-order valence-electron chi connectivity index (χ4n) is 2.27. The molecular formula is C17H15NOS. The molecule has 3 rings (SSSR count). The van der Waals surface area contributed by atoms with E-state index in [9.17, 15) is 0 Å². The molecule has 0 aliphatic rings. The van der Waals surface area contributed by atoms with E-state index < -0.39 is 0 Å². The number of pyridine rings is 1. The number of fused-ring (bicyclic) bond motifs is 1. The van der Waals surface area contributed by atoms with E-state index in [4.69, 9.17) is 4.74 Å². The summed E-state index contributed by atoms with van der Waals surface area (Å²) in [6.07, 6.45) is 2.04. The lowest BCUT2D eigenvalue weighted by Crippen LogP contribution is -1.89. The Hall–Kier alpha value is -2.00. The predicted octanol–water partition coefficient (Wildman–Crippen LogP) is 4.63. The molecule has 100 valence electrons. The third-order valence-corrected chi connectivity index (χ3v) is 3.91. The Labute approximate surface area is 122 Å². The average molecular weight is 281 g/mol. The maximum Gasteiger partial charge on any atom is 0.121 e. The molecule has 2 nitrogen and oxygen atoms in total. The second-order valence-electron chi connectivity index (χ2n) is 4.46. The fraction of sp³-hybridized carbons (Fsp3) is 0.118. The van der Waals surface area contributed by atoms with Crippen LogP contribution in [0.4, 0.5) is 0 Å². The van der Waals surface area contributed by atoms with Gasteiger partial charge >= 0.3 is 0 Å². The summed E-state index contributed by atoms with van der Waals surface area (Å²) in [7, 11) is 1.68. The Morgan fingerprint density at radius 3 is 2.50 bits per heavy atom.